The van der Waals surface area contributed by atoms with Crippen LogP contribution in [0.5, 0.6) is 0 Å². The van der Waals surface area contributed by atoms with Gasteiger partial charge >= 0.3 is 5.97 Å². The number of nitrogens with zero attached hydrogens (tertiary/aromatic N) is 1. The standard InChI is InChI=1S/C20H20FNO3S/c1-25-20(24)17-4-2-3-13-22(17)19(23)12-10-16-9-11-18(26-16)14-5-7-15(21)8-6-14/h5-12,17H,2-4,13H2,1H3/b12-10+. The molecular weight excluding hydrogens is 353 g/mol. The first-order chi connectivity index (χ1) is 12.6. The van der Waals surface area contributed by atoms with Gasteiger partial charge in [0.25, 0.3) is 0 Å². The average molecular weight is 373 g/mol. The van der Waals surface area contributed by atoms with Crippen molar-refractivity contribution in [1.82, 2.24) is 4.90 Å². The first-order valence-electron chi connectivity index (χ1n) is 8.51. The van der Waals surface area contributed by atoms with E-state index in [9.17, 15) is 14.0 Å². The Balaban J connectivity index is 1.70. The molecule has 26 heavy (non-hydrogen) atoms. The molecule has 6 heteroatoms. The second-order valence-electron chi connectivity index (χ2n) is 6.11. The molecule has 2 heterocycles. The van der Waals surface area contributed by atoms with E-state index >= 15 is 0 Å². The third-order valence-corrected chi connectivity index (χ3v) is 5.50. The van der Waals surface area contributed by atoms with Crippen molar-refractivity contribution >= 4 is 29.3 Å². The van der Waals surface area contributed by atoms with E-state index in [1.807, 2.05) is 12.1 Å². The summed E-state index contributed by atoms with van der Waals surface area (Å²) in [5.74, 6) is -0.810. The number of likely N-dealkylation sites (tertiary alicyclic amines) is 1. The van der Waals surface area contributed by atoms with Crippen molar-refractivity contribution in [3.63, 3.8) is 0 Å². The lowest BCUT2D eigenvalue weighted by Crippen LogP contribution is -2.47. The zero-order valence-corrected chi connectivity index (χ0v) is 15.3. The molecule has 0 aliphatic carbocycles. The molecule has 1 aromatic carbocycles. The number of carbonyl (C=O) groups excluding carboxylic acids is 2. The van der Waals surface area contributed by atoms with Gasteiger partial charge in [-0.1, -0.05) is 12.1 Å². The molecule has 1 saturated heterocycles. The van der Waals surface area contributed by atoms with E-state index in [1.54, 1.807) is 23.1 Å². The van der Waals surface area contributed by atoms with Crippen LogP contribution in [0.25, 0.3) is 16.5 Å². The molecule has 0 N–H and O–H groups in total. The van der Waals surface area contributed by atoms with Crippen molar-refractivity contribution in [2.75, 3.05) is 13.7 Å². The summed E-state index contributed by atoms with van der Waals surface area (Å²) in [6.45, 7) is 0.564. The van der Waals surface area contributed by atoms with E-state index in [-0.39, 0.29) is 17.7 Å². The van der Waals surface area contributed by atoms with E-state index in [0.717, 1.165) is 28.2 Å². The normalized spacial score (nSPS) is 17.5. The molecule has 2 aromatic rings. The molecule has 1 unspecified atom stereocenters. The third-order valence-electron chi connectivity index (χ3n) is 4.40. The number of ether oxygens (including phenoxy) is 1. The predicted molar refractivity (Wildman–Crippen MR) is 100 cm³/mol. The van der Waals surface area contributed by atoms with Crippen LogP contribution in [0.4, 0.5) is 4.39 Å². The lowest BCUT2D eigenvalue weighted by atomic mass is 10.0. The number of thiophene rings is 1. The summed E-state index contributed by atoms with van der Waals surface area (Å²) < 4.78 is 17.8. The molecule has 1 aromatic heterocycles. The van der Waals surface area contributed by atoms with Crippen LogP contribution in [0.1, 0.15) is 24.1 Å². The maximum Gasteiger partial charge on any atom is 0.328 e. The van der Waals surface area contributed by atoms with Gasteiger partial charge in [0.15, 0.2) is 0 Å². The quantitative estimate of drug-likeness (QED) is 0.598. The van der Waals surface area contributed by atoms with E-state index in [4.69, 9.17) is 4.74 Å². The Hall–Kier alpha value is -2.47. The molecule has 0 saturated carbocycles. The van der Waals surface area contributed by atoms with Crippen molar-refractivity contribution in [2.24, 2.45) is 0 Å². The van der Waals surface area contributed by atoms with Crippen LogP contribution in [0.3, 0.4) is 0 Å². The molecule has 136 valence electrons. The Morgan fingerprint density at radius 1 is 1.19 bits per heavy atom. The van der Waals surface area contributed by atoms with Crippen molar-refractivity contribution in [3.05, 3.63) is 53.2 Å². The molecule has 4 nitrogen and oxygen atoms in total. The highest BCUT2D eigenvalue weighted by atomic mass is 32.1. The fourth-order valence-electron chi connectivity index (χ4n) is 3.04. The number of benzene rings is 1. The van der Waals surface area contributed by atoms with Crippen LogP contribution in [0.2, 0.25) is 0 Å². The molecule has 1 fully saturated rings. The van der Waals surface area contributed by atoms with E-state index < -0.39 is 6.04 Å². The van der Waals surface area contributed by atoms with Crippen LogP contribution in [0.15, 0.2) is 42.5 Å². The topological polar surface area (TPSA) is 46.6 Å². The Morgan fingerprint density at radius 2 is 1.96 bits per heavy atom. The average Bonchev–Trinajstić information content (AvgIpc) is 3.15. The molecule has 0 radical (unpaired) electrons. The summed E-state index contributed by atoms with van der Waals surface area (Å²) in [7, 11) is 1.35. The number of rotatable bonds is 4. The summed E-state index contributed by atoms with van der Waals surface area (Å²) in [6, 6.07) is 9.68. The number of hydrogen-bond acceptors (Lipinski definition) is 4. The number of halogens is 1. The largest absolute Gasteiger partial charge is 0.467 e. The maximum atomic E-state index is 13.0. The van der Waals surface area contributed by atoms with Crippen LogP contribution < -0.4 is 0 Å². The minimum Gasteiger partial charge on any atom is -0.467 e. The number of methoxy groups -OCH3 is 1. The van der Waals surface area contributed by atoms with Gasteiger partial charge in [0.2, 0.25) is 5.91 Å². The summed E-state index contributed by atoms with van der Waals surface area (Å²) in [5, 5.41) is 0. The Kier molecular flexibility index (Phi) is 5.83. The highest BCUT2D eigenvalue weighted by Gasteiger charge is 2.31. The molecule has 1 amide bonds. The van der Waals surface area contributed by atoms with Gasteiger partial charge in [0.1, 0.15) is 11.9 Å². The van der Waals surface area contributed by atoms with Gasteiger partial charge < -0.3 is 9.64 Å². The number of esters is 1. The van der Waals surface area contributed by atoms with E-state index in [1.165, 1.54) is 36.7 Å². The SMILES string of the molecule is COC(=O)C1CCCCN1C(=O)/C=C/c1ccc(-c2ccc(F)cc2)s1. The summed E-state index contributed by atoms with van der Waals surface area (Å²) in [5.41, 5.74) is 0.934. The number of amides is 1. The minimum atomic E-state index is -0.496. The Labute approximate surface area is 155 Å². The molecule has 0 bridgehead atoms. The zero-order valence-electron chi connectivity index (χ0n) is 14.5. The molecule has 1 aliphatic heterocycles. The second-order valence-corrected chi connectivity index (χ2v) is 7.22. The van der Waals surface area contributed by atoms with E-state index in [0.29, 0.717) is 13.0 Å². The van der Waals surface area contributed by atoms with E-state index in [2.05, 4.69) is 0 Å². The fraction of sp³-hybridized carbons (Fsp3) is 0.300. The van der Waals surface area contributed by atoms with Crippen LogP contribution in [0, 0.1) is 5.82 Å². The van der Waals surface area contributed by atoms with Crippen LogP contribution >= 0.6 is 11.3 Å². The highest BCUT2D eigenvalue weighted by molar-refractivity contribution is 7.16. The Bertz CT molecular complexity index is 813. The smallest absolute Gasteiger partial charge is 0.328 e. The van der Waals surface area contributed by atoms with Gasteiger partial charge in [-0.2, -0.15) is 0 Å². The number of hydrogen-bond donors (Lipinski definition) is 0. The second kappa shape index (κ2) is 8.27. The maximum absolute atomic E-state index is 13.0. The van der Waals surface area contributed by atoms with Gasteiger partial charge in [0, 0.05) is 22.4 Å². The van der Waals surface area contributed by atoms with Crippen LogP contribution in [-0.4, -0.2) is 36.5 Å². The molecule has 3 rings (SSSR count). The molecule has 1 aliphatic rings. The van der Waals surface area contributed by atoms with Crippen molar-refractivity contribution in [1.29, 1.82) is 0 Å². The number of carbonyl (C=O) groups is 2. The third kappa shape index (κ3) is 4.19. The molecular formula is C20H20FNO3S. The highest BCUT2D eigenvalue weighted by Crippen LogP contribution is 2.29. The lowest BCUT2D eigenvalue weighted by molar-refractivity contribution is -0.153. The first kappa shape index (κ1) is 18.3. The van der Waals surface area contributed by atoms with Gasteiger partial charge in [-0.3, -0.25) is 4.79 Å². The zero-order chi connectivity index (χ0) is 18.5. The predicted octanol–water partition coefficient (Wildman–Crippen LogP) is 4.12. The van der Waals surface area contributed by atoms with Gasteiger partial charge in [-0.05, 0) is 55.2 Å². The van der Waals surface area contributed by atoms with Gasteiger partial charge in [-0.25, -0.2) is 9.18 Å². The summed E-state index contributed by atoms with van der Waals surface area (Å²) in [4.78, 5) is 27.9. The minimum absolute atomic E-state index is 0.183. The van der Waals surface area contributed by atoms with Crippen molar-refractivity contribution in [2.45, 2.75) is 25.3 Å². The summed E-state index contributed by atoms with van der Waals surface area (Å²) in [6.07, 6.45) is 5.70. The summed E-state index contributed by atoms with van der Waals surface area (Å²) >= 11 is 1.52. The van der Waals surface area contributed by atoms with Gasteiger partial charge in [0.05, 0.1) is 7.11 Å². The van der Waals surface area contributed by atoms with Crippen molar-refractivity contribution in [3.8, 4) is 10.4 Å². The Morgan fingerprint density at radius 3 is 2.69 bits per heavy atom. The molecule has 1 atom stereocenters. The molecule has 0 spiro atoms. The number of piperidine rings is 1. The fourth-order valence-corrected chi connectivity index (χ4v) is 3.95. The van der Waals surface area contributed by atoms with Gasteiger partial charge in [-0.15, -0.1) is 11.3 Å². The van der Waals surface area contributed by atoms with Crippen molar-refractivity contribution < 1.29 is 18.7 Å². The lowest BCUT2D eigenvalue weighted by Gasteiger charge is -2.32. The van der Waals surface area contributed by atoms with Crippen LogP contribution in [-0.2, 0) is 14.3 Å². The monoisotopic (exact) mass is 373 g/mol. The first-order valence-corrected chi connectivity index (χ1v) is 9.32.